The van der Waals surface area contributed by atoms with Gasteiger partial charge in [-0.25, -0.2) is 9.48 Å². The summed E-state index contributed by atoms with van der Waals surface area (Å²) in [5, 5.41) is 7.02. The first-order valence-electron chi connectivity index (χ1n) is 10.5. The van der Waals surface area contributed by atoms with Crippen LogP contribution in [0.2, 0.25) is 0 Å². The molecule has 1 heterocycles. The molecular weight excluding hydrogens is 396 g/mol. The van der Waals surface area contributed by atoms with E-state index in [1.54, 1.807) is 18.2 Å². The van der Waals surface area contributed by atoms with E-state index in [2.05, 4.69) is 36.1 Å². The molecule has 0 radical (unpaired) electrons. The zero-order chi connectivity index (χ0) is 22.9. The highest BCUT2D eigenvalue weighted by Gasteiger charge is 2.12. The third-order valence-corrected chi connectivity index (χ3v) is 4.23. The highest BCUT2D eigenvalue weighted by molar-refractivity contribution is 5.84. The molecule has 0 unspecified atom stereocenters. The maximum Gasteiger partial charge on any atom is 0.411 e. The Hall–Kier alpha value is -2.87. The highest BCUT2D eigenvalue weighted by Crippen LogP contribution is 2.16. The summed E-state index contributed by atoms with van der Waals surface area (Å²) >= 11 is 0. The van der Waals surface area contributed by atoms with Gasteiger partial charge in [-0.1, -0.05) is 32.9 Å². The molecule has 0 saturated carbocycles. The van der Waals surface area contributed by atoms with Crippen molar-refractivity contribution in [3.8, 4) is 5.88 Å². The second kappa shape index (κ2) is 11.5. The summed E-state index contributed by atoms with van der Waals surface area (Å²) in [5.74, 6) is 0.404. The van der Waals surface area contributed by atoms with Gasteiger partial charge in [-0.05, 0) is 56.6 Å². The van der Waals surface area contributed by atoms with Crippen molar-refractivity contribution in [1.82, 2.24) is 14.7 Å². The topological polar surface area (TPSA) is 85.7 Å². The van der Waals surface area contributed by atoms with Crippen molar-refractivity contribution in [2.45, 2.75) is 40.2 Å². The number of benzene rings is 1. The van der Waals surface area contributed by atoms with E-state index in [4.69, 9.17) is 9.47 Å². The summed E-state index contributed by atoms with van der Waals surface area (Å²) in [6.45, 7) is 8.29. The second-order valence-electron chi connectivity index (χ2n) is 8.99. The smallest absolute Gasteiger partial charge is 0.411 e. The minimum atomic E-state index is -0.491. The fourth-order valence-electron chi connectivity index (χ4n) is 2.68. The number of hydrogen-bond donors (Lipinski definition) is 1. The van der Waals surface area contributed by atoms with E-state index in [0.29, 0.717) is 24.8 Å². The number of unbranched alkanes of at least 4 members (excludes halogenated alkanes) is 1. The van der Waals surface area contributed by atoms with Gasteiger partial charge < -0.3 is 14.4 Å². The first kappa shape index (κ1) is 24.4. The van der Waals surface area contributed by atoms with Gasteiger partial charge in [0.05, 0.1) is 19.8 Å². The highest BCUT2D eigenvalue weighted by atomic mass is 16.5. The fraction of sp³-hybridized carbons (Fsp3) is 0.522. The van der Waals surface area contributed by atoms with Crippen LogP contribution in [0.1, 0.15) is 39.2 Å². The van der Waals surface area contributed by atoms with Crippen LogP contribution in [0.15, 0.2) is 41.2 Å². The van der Waals surface area contributed by atoms with Crippen LogP contribution in [0.4, 0.5) is 10.5 Å². The molecule has 8 heteroatoms. The summed E-state index contributed by atoms with van der Waals surface area (Å²) in [7, 11) is 4.03. The zero-order valence-corrected chi connectivity index (χ0v) is 19.2. The van der Waals surface area contributed by atoms with Crippen LogP contribution >= 0.6 is 0 Å². The first-order chi connectivity index (χ1) is 14.6. The predicted molar refractivity (Wildman–Crippen MR) is 122 cm³/mol. The molecule has 0 atom stereocenters. The van der Waals surface area contributed by atoms with E-state index < -0.39 is 6.09 Å². The van der Waals surface area contributed by atoms with E-state index >= 15 is 0 Å². The molecule has 1 aromatic heterocycles. The summed E-state index contributed by atoms with van der Waals surface area (Å²) in [5.41, 5.74) is 1.19. The van der Waals surface area contributed by atoms with Gasteiger partial charge in [-0.15, -0.1) is 5.10 Å². The third-order valence-electron chi connectivity index (χ3n) is 4.23. The Bertz CT molecular complexity index is 903. The summed E-state index contributed by atoms with van der Waals surface area (Å²) in [6, 6.07) is 10.3. The van der Waals surface area contributed by atoms with Crippen LogP contribution in [0.3, 0.4) is 0 Å². The van der Waals surface area contributed by atoms with Gasteiger partial charge in [0.15, 0.2) is 0 Å². The van der Waals surface area contributed by atoms with Crippen molar-refractivity contribution in [3.63, 3.8) is 0 Å². The number of nitrogens with zero attached hydrogens (tertiary/aromatic N) is 3. The number of anilines is 1. The van der Waals surface area contributed by atoms with E-state index in [0.717, 1.165) is 24.9 Å². The molecule has 0 saturated heterocycles. The van der Waals surface area contributed by atoms with Crippen LogP contribution in [0, 0.1) is 5.41 Å². The molecule has 0 spiro atoms. The van der Waals surface area contributed by atoms with E-state index in [1.165, 1.54) is 10.7 Å². The largest absolute Gasteiger partial charge is 0.476 e. The number of rotatable bonds is 10. The van der Waals surface area contributed by atoms with E-state index in [9.17, 15) is 9.59 Å². The molecule has 0 aliphatic carbocycles. The van der Waals surface area contributed by atoms with Gasteiger partial charge >= 0.3 is 6.09 Å². The van der Waals surface area contributed by atoms with Crippen LogP contribution in [0.5, 0.6) is 5.88 Å². The zero-order valence-electron chi connectivity index (χ0n) is 19.2. The monoisotopic (exact) mass is 430 g/mol. The molecular formula is C23H34N4O4. The van der Waals surface area contributed by atoms with E-state index in [-0.39, 0.29) is 17.5 Å². The molecule has 8 nitrogen and oxygen atoms in total. The van der Waals surface area contributed by atoms with Gasteiger partial charge in [0.1, 0.15) is 0 Å². The molecule has 1 N–H and O–H groups in total. The quantitative estimate of drug-likeness (QED) is 0.580. The predicted octanol–water partition coefficient (Wildman–Crippen LogP) is 3.61. The van der Waals surface area contributed by atoms with Crippen LogP contribution in [-0.2, 0) is 11.3 Å². The van der Waals surface area contributed by atoms with Gasteiger partial charge in [-0.2, -0.15) is 0 Å². The second-order valence-corrected chi connectivity index (χ2v) is 8.99. The molecule has 31 heavy (non-hydrogen) atoms. The Labute approximate surface area is 184 Å². The maximum absolute atomic E-state index is 12.2. The SMILES string of the molecule is CN(C)CCCCOC(=O)Nc1cccc(Cn2nc(OCC(C)(C)C)ccc2=O)c1. The first-order valence-corrected chi connectivity index (χ1v) is 10.5. The van der Waals surface area contributed by atoms with Gasteiger partial charge in [-0.3, -0.25) is 10.1 Å². The lowest BCUT2D eigenvalue weighted by molar-refractivity contribution is 0.158. The number of carbonyl (C=O) groups excluding carboxylic acids is 1. The Morgan fingerprint density at radius 1 is 1.16 bits per heavy atom. The lowest BCUT2D eigenvalue weighted by atomic mass is 9.99. The molecule has 1 amide bonds. The summed E-state index contributed by atoms with van der Waals surface area (Å²) < 4.78 is 12.3. The number of carbonyl (C=O) groups is 1. The van der Waals surface area contributed by atoms with Crippen molar-refractivity contribution in [3.05, 3.63) is 52.3 Å². The molecule has 2 aromatic rings. The Morgan fingerprint density at radius 2 is 1.94 bits per heavy atom. The third kappa shape index (κ3) is 9.65. The average molecular weight is 431 g/mol. The van der Waals surface area contributed by atoms with Crippen molar-refractivity contribution < 1.29 is 14.3 Å². The summed E-state index contributed by atoms with van der Waals surface area (Å²) in [4.78, 5) is 26.3. The van der Waals surface area contributed by atoms with Crippen LogP contribution < -0.4 is 15.6 Å². The number of aromatic nitrogens is 2. The molecule has 0 bridgehead atoms. The van der Waals surface area contributed by atoms with Gasteiger partial charge in [0.2, 0.25) is 5.88 Å². The van der Waals surface area contributed by atoms with Crippen molar-refractivity contribution >= 4 is 11.8 Å². The number of hydrogen-bond acceptors (Lipinski definition) is 6. The molecule has 0 aliphatic rings. The number of nitrogens with one attached hydrogen (secondary N) is 1. The Kier molecular flexibility index (Phi) is 9.05. The number of amides is 1. The fourth-order valence-corrected chi connectivity index (χ4v) is 2.68. The molecule has 0 fully saturated rings. The van der Waals surface area contributed by atoms with E-state index in [1.807, 2.05) is 26.2 Å². The minimum absolute atomic E-state index is 0.0103. The normalized spacial score (nSPS) is 11.4. The maximum atomic E-state index is 12.2. The van der Waals surface area contributed by atoms with Crippen LogP contribution in [-0.4, -0.2) is 54.6 Å². The molecule has 2 rings (SSSR count). The molecule has 1 aromatic carbocycles. The van der Waals surface area contributed by atoms with Gasteiger partial charge in [0, 0.05) is 17.8 Å². The molecule has 170 valence electrons. The minimum Gasteiger partial charge on any atom is -0.476 e. The van der Waals surface area contributed by atoms with Crippen molar-refractivity contribution in [1.29, 1.82) is 0 Å². The lowest BCUT2D eigenvalue weighted by Crippen LogP contribution is -2.24. The Balaban J connectivity index is 1.93. The van der Waals surface area contributed by atoms with Crippen molar-refractivity contribution in [2.24, 2.45) is 5.41 Å². The molecule has 0 aliphatic heterocycles. The van der Waals surface area contributed by atoms with Gasteiger partial charge in [0.25, 0.3) is 5.56 Å². The van der Waals surface area contributed by atoms with Crippen molar-refractivity contribution in [2.75, 3.05) is 39.2 Å². The Morgan fingerprint density at radius 3 is 2.65 bits per heavy atom. The van der Waals surface area contributed by atoms with Crippen LogP contribution in [0.25, 0.3) is 0 Å². The summed E-state index contributed by atoms with van der Waals surface area (Å²) in [6.07, 6.45) is 1.29. The number of ether oxygens (including phenoxy) is 2. The standard InChI is InChI=1S/C23H34N4O4/c1-23(2,3)17-31-20-11-12-21(28)27(25-20)16-18-9-8-10-19(15-18)24-22(29)30-14-7-6-13-26(4)5/h8-12,15H,6-7,13-14,16-17H2,1-5H3,(H,24,29). The lowest BCUT2D eigenvalue weighted by Gasteiger charge is -2.18. The average Bonchev–Trinajstić information content (AvgIpc) is 2.68.